The first-order valence-corrected chi connectivity index (χ1v) is 12.7. The van der Waals surface area contributed by atoms with Crippen LogP contribution in [0.5, 0.6) is 0 Å². The van der Waals surface area contributed by atoms with E-state index in [2.05, 4.69) is 20.9 Å². The van der Waals surface area contributed by atoms with Gasteiger partial charge in [0.05, 0.1) is 13.1 Å². The number of aryl methyl sites for hydroxylation is 1. The lowest BCUT2D eigenvalue weighted by atomic mass is 9.80. The first-order chi connectivity index (χ1) is 17.7. The van der Waals surface area contributed by atoms with E-state index < -0.39 is 35.5 Å². The third-order valence-electron chi connectivity index (χ3n) is 7.97. The van der Waals surface area contributed by atoms with Gasteiger partial charge in [0, 0.05) is 18.4 Å². The second-order valence-corrected chi connectivity index (χ2v) is 11.5. The average molecular weight is 528 g/mol. The van der Waals surface area contributed by atoms with Crippen molar-refractivity contribution in [3.05, 3.63) is 34.9 Å². The largest absolute Gasteiger partial charge is 0.370 e. The molecule has 2 fully saturated rings. The van der Waals surface area contributed by atoms with Crippen molar-refractivity contribution in [1.82, 2.24) is 20.9 Å². The molecule has 3 amide bonds. The third kappa shape index (κ3) is 3.63. The van der Waals surface area contributed by atoms with Gasteiger partial charge in [-0.3, -0.25) is 30.3 Å². The molecule has 0 saturated carbocycles. The quantitative estimate of drug-likeness (QED) is 0.126. The van der Waals surface area contributed by atoms with Crippen LogP contribution in [0.3, 0.4) is 0 Å². The van der Waals surface area contributed by atoms with Crippen LogP contribution in [0.2, 0.25) is 0 Å². The summed E-state index contributed by atoms with van der Waals surface area (Å²) in [6.07, 6.45) is 0.230. The van der Waals surface area contributed by atoms with E-state index >= 15 is 0 Å². The van der Waals surface area contributed by atoms with Crippen molar-refractivity contribution in [1.29, 1.82) is 0 Å². The molecule has 5 rings (SSSR count). The standard InChI is InChI=1S/C25H34N8O5/c1-12-6-5-7-13(18(12)23(2,3)4)20(36)29-15-11-33-22(27)28-14(10-32-16(34)8-9-17(32)35)19-24(33,25(15,37)38)31-21(26)30-19/h5-7,14-15,19,37-38H,8-11H2,1-4H3,(H6,26,27,28,29,30,31,36)/p+1/t14-,15?,19-,24-/m0/s1. The number of hydrogen-bond donors (Lipinski definition) is 7. The van der Waals surface area contributed by atoms with E-state index in [-0.39, 0.29) is 55.1 Å². The molecule has 1 aromatic carbocycles. The molecule has 1 aromatic rings. The summed E-state index contributed by atoms with van der Waals surface area (Å²) >= 11 is 0. The van der Waals surface area contributed by atoms with Crippen molar-refractivity contribution >= 4 is 29.6 Å². The van der Waals surface area contributed by atoms with E-state index in [1.807, 2.05) is 33.8 Å². The third-order valence-corrected chi connectivity index (χ3v) is 7.97. The predicted octanol–water partition coefficient (Wildman–Crippen LogP) is -2.48. The maximum Gasteiger partial charge on any atom is 0.346 e. The number of rotatable bonds is 4. The molecule has 4 heterocycles. The van der Waals surface area contributed by atoms with Crippen molar-refractivity contribution in [2.24, 2.45) is 16.5 Å². The smallest absolute Gasteiger partial charge is 0.346 e. The summed E-state index contributed by atoms with van der Waals surface area (Å²) in [7, 11) is 0. The van der Waals surface area contributed by atoms with Gasteiger partial charge in [-0.25, -0.2) is 9.57 Å². The van der Waals surface area contributed by atoms with Gasteiger partial charge < -0.3 is 26.6 Å². The predicted molar refractivity (Wildman–Crippen MR) is 137 cm³/mol. The molecule has 0 aliphatic carbocycles. The fourth-order valence-electron chi connectivity index (χ4n) is 6.42. The number of amides is 3. The number of aliphatic imine (C=N–C) groups is 1. The minimum atomic E-state index is -2.60. The van der Waals surface area contributed by atoms with Gasteiger partial charge in [0.25, 0.3) is 5.91 Å². The Labute approximate surface area is 220 Å². The maximum absolute atomic E-state index is 13.6. The molecule has 1 spiro atoms. The highest BCUT2D eigenvalue weighted by Gasteiger charge is 2.75. The van der Waals surface area contributed by atoms with Crippen LogP contribution < -0.4 is 27.4 Å². The number of nitrogens with one attached hydrogen (secondary N) is 3. The Kier molecular flexibility index (Phi) is 5.73. The number of carbonyl (C=O) groups is 3. The molecule has 4 atom stereocenters. The highest BCUT2D eigenvalue weighted by atomic mass is 16.5. The molecule has 1 unspecified atom stereocenters. The first-order valence-electron chi connectivity index (χ1n) is 12.7. The molecule has 9 N–H and O–H groups in total. The van der Waals surface area contributed by atoms with E-state index in [4.69, 9.17) is 11.5 Å². The lowest BCUT2D eigenvalue weighted by Crippen LogP contribution is -2.79. The zero-order valence-electron chi connectivity index (χ0n) is 21.9. The van der Waals surface area contributed by atoms with Gasteiger partial charge in [0.1, 0.15) is 18.1 Å². The summed E-state index contributed by atoms with van der Waals surface area (Å²) < 4.78 is 1.48. The van der Waals surface area contributed by atoms with Gasteiger partial charge in [0.2, 0.25) is 23.3 Å². The van der Waals surface area contributed by atoms with E-state index in [9.17, 15) is 24.6 Å². The molecule has 0 bridgehead atoms. The summed E-state index contributed by atoms with van der Waals surface area (Å²) in [5.41, 5.74) is 12.5. The van der Waals surface area contributed by atoms with Crippen LogP contribution >= 0.6 is 0 Å². The lowest BCUT2D eigenvalue weighted by molar-refractivity contribution is -0.623. The molecule has 13 heteroatoms. The molecular formula is C25H35N8O5+. The minimum Gasteiger partial charge on any atom is -0.370 e. The molecule has 0 aromatic heterocycles. The Bertz CT molecular complexity index is 1280. The number of aliphatic hydroxyl groups is 2. The van der Waals surface area contributed by atoms with Crippen LogP contribution in [0.15, 0.2) is 23.2 Å². The molecule has 0 radical (unpaired) electrons. The number of carbonyl (C=O) groups excluding carboxylic acids is 3. The van der Waals surface area contributed by atoms with Crippen molar-refractivity contribution in [2.75, 3.05) is 13.1 Å². The maximum atomic E-state index is 13.6. The zero-order chi connectivity index (χ0) is 27.8. The van der Waals surface area contributed by atoms with E-state index in [0.29, 0.717) is 5.56 Å². The molecule has 13 nitrogen and oxygen atoms in total. The van der Waals surface area contributed by atoms with Gasteiger partial charge in [-0.1, -0.05) is 32.9 Å². The SMILES string of the molecule is Cc1cccc(C(=O)NC2C[N+]3=C(N)N[C@@H](CN4C(=O)CCC4=O)[C@@H]4N=C(N)N[C@@]43C2(O)O)c1C(C)(C)C. The van der Waals surface area contributed by atoms with Gasteiger partial charge in [-0.2, -0.15) is 0 Å². The van der Waals surface area contributed by atoms with Crippen LogP contribution in [0.1, 0.15) is 55.1 Å². The Morgan fingerprint density at radius 3 is 2.53 bits per heavy atom. The highest BCUT2D eigenvalue weighted by molar-refractivity contribution is 6.02. The summed E-state index contributed by atoms with van der Waals surface area (Å²) in [5, 5.41) is 32.1. The second-order valence-electron chi connectivity index (χ2n) is 11.5. The molecule has 4 aliphatic rings. The Morgan fingerprint density at radius 2 is 1.89 bits per heavy atom. The number of hydrogen-bond acceptors (Lipinski definition) is 10. The molecule has 204 valence electrons. The van der Waals surface area contributed by atoms with Crippen LogP contribution in [-0.2, 0) is 15.0 Å². The van der Waals surface area contributed by atoms with Crippen LogP contribution in [0.25, 0.3) is 0 Å². The summed E-state index contributed by atoms with van der Waals surface area (Å²) in [5.74, 6) is -3.70. The van der Waals surface area contributed by atoms with Crippen LogP contribution in [0, 0.1) is 6.92 Å². The average Bonchev–Trinajstić information content (AvgIpc) is 3.41. The number of imide groups is 1. The normalized spacial score (nSPS) is 30.0. The fourth-order valence-corrected chi connectivity index (χ4v) is 6.42. The Morgan fingerprint density at radius 1 is 1.24 bits per heavy atom. The summed E-state index contributed by atoms with van der Waals surface area (Å²) in [6, 6.07) is 2.50. The van der Waals surface area contributed by atoms with Gasteiger partial charge in [-0.15, -0.1) is 0 Å². The summed E-state index contributed by atoms with van der Waals surface area (Å²) in [4.78, 5) is 43.7. The molecule has 38 heavy (non-hydrogen) atoms. The first kappa shape index (κ1) is 25.9. The van der Waals surface area contributed by atoms with Crippen molar-refractivity contribution in [3.8, 4) is 0 Å². The Hall–Kier alpha value is -3.71. The number of nitrogens with two attached hydrogens (primary N) is 2. The van der Waals surface area contributed by atoms with Crippen LogP contribution in [-0.4, -0.2) is 92.0 Å². The number of guanidine groups is 2. The van der Waals surface area contributed by atoms with Crippen molar-refractivity contribution < 1.29 is 29.2 Å². The number of benzene rings is 1. The number of likely N-dealkylation sites (tertiary alicyclic amines) is 1. The second kappa shape index (κ2) is 8.40. The van der Waals surface area contributed by atoms with Crippen LogP contribution in [0.4, 0.5) is 0 Å². The van der Waals surface area contributed by atoms with Gasteiger partial charge in [0.15, 0.2) is 5.96 Å². The van der Waals surface area contributed by atoms with E-state index in [0.717, 1.165) is 16.0 Å². The highest BCUT2D eigenvalue weighted by Crippen LogP contribution is 2.42. The van der Waals surface area contributed by atoms with Gasteiger partial charge >= 0.3 is 5.96 Å². The summed E-state index contributed by atoms with van der Waals surface area (Å²) in [6.45, 7) is 7.80. The molecule has 2 saturated heterocycles. The molecule has 4 aliphatic heterocycles. The topological polar surface area (TPSA) is 198 Å². The lowest BCUT2D eigenvalue weighted by Gasteiger charge is -2.44. The monoisotopic (exact) mass is 527 g/mol. The van der Waals surface area contributed by atoms with Gasteiger partial charge in [-0.05, 0) is 29.5 Å². The van der Waals surface area contributed by atoms with Crippen molar-refractivity contribution in [3.63, 3.8) is 0 Å². The van der Waals surface area contributed by atoms with E-state index in [1.165, 1.54) is 4.58 Å². The minimum absolute atomic E-state index is 0.0614. The van der Waals surface area contributed by atoms with E-state index in [1.54, 1.807) is 12.1 Å². The zero-order valence-corrected chi connectivity index (χ0v) is 21.9. The molecular weight excluding hydrogens is 492 g/mol. The van der Waals surface area contributed by atoms with Crippen molar-refractivity contribution in [2.45, 2.75) is 75.5 Å². The fraction of sp³-hybridized carbons (Fsp3) is 0.560. The number of nitrogens with zero attached hydrogens (tertiary/aromatic N) is 3. The Balaban J connectivity index is 1.49.